The van der Waals surface area contributed by atoms with E-state index in [1.165, 1.54) is 10.6 Å². The molecular weight excluding hydrogens is 336 g/mol. The van der Waals surface area contributed by atoms with Crippen LogP contribution in [0.2, 0.25) is 0 Å². The molecule has 134 valence electrons. The van der Waals surface area contributed by atoms with Crippen molar-refractivity contribution in [2.24, 2.45) is 0 Å². The maximum Gasteiger partial charge on any atom is 0.232 e. The number of sulfonamides is 1. The van der Waals surface area contributed by atoms with Crippen LogP contribution in [0, 0.1) is 13.8 Å². The summed E-state index contributed by atoms with van der Waals surface area (Å²) in [6, 6.07) is 15.1. The van der Waals surface area contributed by atoms with Crippen LogP contribution in [0.3, 0.4) is 0 Å². The lowest BCUT2D eigenvalue weighted by molar-refractivity contribution is -0.120. The second kappa shape index (κ2) is 8.16. The molecule has 0 fully saturated rings. The first kappa shape index (κ1) is 19.0. The average molecular weight is 360 g/mol. The quantitative estimate of drug-likeness (QED) is 0.825. The Labute approximate surface area is 149 Å². The smallest absolute Gasteiger partial charge is 0.232 e. The fourth-order valence-electron chi connectivity index (χ4n) is 2.78. The maximum absolute atomic E-state index is 12.2. The van der Waals surface area contributed by atoms with Gasteiger partial charge in [-0.2, -0.15) is 0 Å². The summed E-state index contributed by atoms with van der Waals surface area (Å²) >= 11 is 0. The van der Waals surface area contributed by atoms with Gasteiger partial charge in [-0.15, -0.1) is 0 Å². The third-order valence-corrected chi connectivity index (χ3v) is 5.10. The molecule has 5 nitrogen and oxygen atoms in total. The van der Waals surface area contributed by atoms with Gasteiger partial charge in [0.15, 0.2) is 0 Å². The summed E-state index contributed by atoms with van der Waals surface area (Å²) in [5.41, 5.74) is 3.39. The van der Waals surface area contributed by atoms with Gasteiger partial charge in [0.25, 0.3) is 0 Å². The first-order chi connectivity index (χ1) is 11.8. The van der Waals surface area contributed by atoms with Gasteiger partial charge in [0, 0.05) is 6.54 Å². The highest BCUT2D eigenvalue weighted by atomic mass is 32.2. The van der Waals surface area contributed by atoms with Crippen molar-refractivity contribution in [3.63, 3.8) is 0 Å². The lowest BCUT2D eigenvalue weighted by Crippen LogP contribution is -2.39. The van der Waals surface area contributed by atoms with Gasteiger partial charge < -0.3 is 5.32 Å². The van der Waals surface area contributed by atoms with E-state index >= 15 is 0 Å². The number of para-hydroxylation sites is 1. The molecule has 0 unspecified atom stereocenters. The highest BCUT2D eigenvalue weighted by Crippen LogP contribution is 2.26. The van der Waals surface area contributed by atoms with Crippen molar-refractivity contribution in [2.75, 3.05) is 23.7 Å². The van der Waals surface area contributed by atoms with E-state index in [0.29, 0.717) is 5.69 Å². The summed E-state index contributed by atoms with van der Waals surface area (Å²) in [5.74, 6) is -0.124. The summed E-state index contributed by atoms with van der Waals surface area (Å²) in [6.07, 6.45) is 1.47. The Bertz CT molecular complexity index is 813. The van der Waals surface area contributed by atoms with Gasteiger partial charge in [0.1, 0.15) is 0 Å². The molecule has 0 aliphatic carbocycles. The zero-order valence-electron chi connectivity index (χ0n) is 14.8. The normalized spacial score (nSPS) is 11.2. The molecule has 0 heterocycles. The number of hydrogen-bond acceptors (Lipinski definition) is 3. The van der Waals surface area contributed by atoms with Gasteiger partial charge in [-0.25, -0.2) is 8.42 Å². The number of amides is 1. The van der Waals surface area contributed by atoms with Crippen LogP contribution in [0.15, 0.2) is 48.5 Å². The Hall–Kier alpha value is -2.34. The van der Waals surface area contributed by atoms with Crippen LogP contribution in [-0.4, -0.2) is 33.7 Å². The van der Waals surface area contributed by atoms with Gasteiger partial charge in [-0.1, -0.05) is 48.5 Å². The number of hydrogen-bond donors (Lipinski definition) is 1. The van der Waals surface area contributed by atoms with Crippen LogP contribution >= 0.6 is 0 Å². The minimum absolute atomic E-state index is 0.124. The molecule has 25 heavy (non-hydrogen) atoms. The predicted molar refractivity (Wildman–Crippen MR) is 101 cm³/mol. The molecule has 0 aromatic heterocycles. The van der Waals surface area contributed by atoms with Crippen molar-refractivity contribution in [2.45, 2.75) is 20.3 Å². The fourth-order valence-corrected chi connectivity index (χ4v) is 3.83. The number of rotatable bonds is 7. The van der Waals surface area contributed by atoms with Crippen molar-refractivity contribution in [3.8, 4) is 0 Å². The summed E-state index contributed by atoms with van der Waals surface area (Å²) < 4.78 is 25.8. The Morgan fingerprint density at radius 1 is 1.00 bits per heavy atom. The lowest BCUT2D eigenvalue weighted by Gasteiger charge is -2.26. The molecule has 1 N–H and O–H groups in total. The highest BCUT2D eigenvalue weighted by molar-refractivity contribution is 7.92. The van der Waals surface area contributed by atoms with E-state index < -0.39 is 10.0 Å². The van der Waals surface area contributed by atoms with E-state index in [4.69, 9.17) is 0 Å². The molecule has 0 saturated heterocycles. The maximum atomic E-state index is 12.2. The highest BCUT2D eigenvalue weighted by Gasteiger charge is 2.20. The molecule has 2 aromatic rings. The van der Waals surface area contributed by atoms with Crippen LogP contribution in [0.25, 0.3) is 0 Å². The number of nitrogens with zero attached hydrogens (tertiary/aromatic N) is 1. The van der Waals surface area contributed by atoms with Crippen LogP contribution in [0.5, 0.6) is 0 Å². The third kappa shape index (κ3) is 5.32. The molecule has 6 heteroatoms. The van der Waals surface area contributed by atoms with Gasteiger partial charge >= 0.3 is 0 Å². The van der Waals surface area contributed by atoms with Gasteiger partial charge in [0.2, 0.25) is 15.9 Å². The van der Waals surface area contributed by atoms with E-state index in [-0.39, 0.29) is 25.4 Å². The lowest BCUT2D eigenvalue weighted by atomic mass is 10.1. The topological polar surface area (TPSA) is 66.5 Å². The summed E-state index contributed by atoms with van der Waals surface area (Å²) in [7, 11) is -3.44. The van der Waals surface area contributed by atoms with Crippen molar-refractivity contribution in [3.05, 3.63) is 65.2 Å². The number of carbonyl (C=O) groups is 1. The van der Waals surface area contributed by atoms with Crippen LogP contribution < -0.4 is 9.62 Å². The first-order valence-corrected chi connectivity index (χ1v) is 9.98. The van der Waals surface area contributed by atoms with E-state index in [2.05, 4.69) is 5.32 Å². The molecule has 0 aliphatic heterocycles. The van der Waals surface area contributed by atoms with Gasteiger partial charge in [-0.05, 0) is 30.5 Å². The molecule has 1 amide bonds. The molecular formula is C19H24N2O3S. The molecule has 0 spiro atoms. The standard InChI is InChI=1S/C19H24N2O3S/c1-15-8-7-9-16(2)19(15)21(25(3,23)24)13-12-20-18(22)14-17-10-5-4-6-11-17/h4-11H,12-14H2,1-3H3,(H,20,22). The zero-order valence-corrected chi connectivity index (χ0v) is 15.6. The van der Waals surface area contributed by atoms with Gasteiger partial charge in [-0.3, -0.25) is 9.10 Å². The van der Waals surface area contributed by atoms with Crippen LogP contribution in [0.1, 0.15) is 16.7 Å². The Balaban J connectivity index is 2.03. The van der Waals surface area contributed by atoms with Crippen LogP contribution in [-0.2, 0) is 21.2 Å². The fraction of sp³-hybridized carbons (Fsp3) is 0.316. The number of anilines is 1. The average Bonchev–Trinajstić information content (AvgIpc) is 2.53. The second-order valence-electron chi connectivity index (χ2n) is 6.09. The summed E-state index contributed by atoms with van der Waals surface area (Å²) in [6.45, 7) is 4.22. The largest absolute Gasteiger partial charge is 0.354 e. The van der Waals surface area contributed by atoms with Crippen molar-refractivity contribution in [1.29, 1.82) is 0 Å². The van der Waals surface area contributed by atoms with E-state index in [9.17, 15) is 13.2 Å². The number of benzene rings is 2. The van der Waals surface area contributed by atoms with Crippen LogP contribution in [0.4, 0.5) is 5.69 Å². The monoisotopic (exact) mass is 360 g/mol. The third-order valence-electron chi connectivity index (χ3n) is 3.93. The molecule has 2 aromatic carbocycles. The Kier molecular flexibility index (Phi) is 6.20. The van der Waals surface area contributed by atoms with Crippen molar-refractivity contribution >= 4 is 21.6 Å². The van der Waals surface area contributed by atoms with E-state index in [1.807, 2.05) is 62.4 Å². The summed E-state index contributed by atoms with van der Waals surface area (Å²) in [4.78, 5) is 12.0. The Morgan fingerprint density at radius 2 is 1.60 bits per heavy atom. The molecule has 2 rings (SSSR count). The predicted octanol–water partition coefficient (Wildman–Crippen LogP) is 2.43. The molecule has 0 radical (unpaired) electrons. The molecule has 0 atom stereocenters. The minimum atomic E-state index is -3.44. The molecule has 0 bridgehead atoms. The number of aryl methyl sites for hydroxylation is 2. The van der Waals surface area contributed by atoms with E-state index in [1.54, 1.807) is 0 Å². The molecule has 0 aliphatic rings. The number of carbonyl (C=O) groups excluding carboxylic acids is 1. The number of nitrogens with one attached hydrogen (secondary N) is 1. The zero-order chi connectivity index (χ0) is 18.4. The van der Waals surface area contributed by atoms with Crippen molar-refractivity contribution < 1.29 is 13.2 Å². The summed E-state index contributed by atoms with van der Waals surface area (Å²) in [5, 5.41) is 2.80. The molecule has 0 saturated carbocycles. The van der Waals surface area contributed by atoms with Gasteiger partial charge in [0.05, 0.1) is 24.9 Å². The minimum Gasteiger partial charge on any atom is -0.354 e. The first-order valence-electron chi connectivity index (χ1n) is 8.13. The van der Waals surface area contributed by atoms with Crippen molar-refractivity contribution in [1.82, 2.24) is 5.32 Å². The SMILES string of the molecule is Cc1cccc(C)c1N(CCNC(=O)Cc1ccccc1)S(C)(=O)=O. The van der Waals surface area contributed by atoms with E-state index in [0.717, 1.165) is 16.7 Å². The second-order valence-corrected chi connectivity index (χ2v) is 7.99. The Morgan fingerprint density at radius 3 is 2.16 bits per heavy atom.